The standard InChI is InChI=1S/C22H30N2O3S/c1-16-14-19-15-20(10-11-21(19)24(16)22(25)18-8-5-9-18)28(26,27)23-13-12-17-6-3-2-4-7-17/h6,10-11,15-16,18,23H,2-5,7-9,12-14H2,1H3/t16-/m0/s1. The molecule has 1 N–H and O–H groups in total. The van der Waals surface area contributed by atoms with E-state index in [1.807, 2.05) is 17.9 Å². The first-order valence-electron chi connectivity index (χ1n) is 10.6. The number of hydrogen-bond acceptors (Lipinski definition) is 3. The van der Waals surface area contributed by atoms with Crippen molar-refractivity contribution in [1.29, 1.82) is 0 Å². The van der Waals surface area contributed by atoms with Gasteiger partial charge in [0.1, 0.15) is 0 Å². The van der Waals surface area contributed by atoms with E-state index in [-0.39, 0.29) is 17.9 Å². The number of nitrogens with one attached hydrogen (secondary N) is 1. The number of rotatable bonds is 6. The molecule has 0 unspecified atom stereocenters. The molecular weight excluding hydrogens is 372 g/mol. The molecule has 5 nitrogen and oxygen atoms in total. The van der Waals surface area contributed by atoms with Gasteiger partial charge in [0.15, 0.2) is 0 Å². The Morgan fingerprint density at radius 1 is 1.21 bits per heavy atom. The largest absolute Gasteiger partial charge is 0.309 e. The fourth-order valence-electron chi connectivity index (χ4n) is 4.52. The average molecular weight is 403 g/mol. The number of allylic oxidation sites excluding steroid dienone is 1. The highest BCUT2D eigenvalue weighted by Gasteiger charge is 2.37. The smallest absolute Gasteiger partial charge is 0.240 e. The number of anilines is 1. The molecule has 0 bridgehead atoms. The molecule has 1 atom stereocenters. The second-order valence-corrected chi connectivity index (χ2v) is 10.2. The van der Waals surface area contributed by atoms with Crippen LogP contribution in [0.2, 0.25) is 0 Å². The summed E-state index contributed by atoms with van der Waals surface area (Å²) in [6.45, 7) is 2.48. The van der Waals surface area contributed by atoms with Crippen LogP contribution in [0, 0.1) is 5.92 Å². The molecule has 1 aromatic rings. The second kappa shape index (κ2) is 7.99. The van der Waals surface area contributed by atoms with E-state index in [1.54, 1.807) is 12.1 Å². The Morgan fingerprint density at radius 3 is 2.71 bits per heavy atom. The average Bonchev–Trinajstić information content (AvgIpc) is 2.95. The van der Waals surface area contributed by atoms with Gasteiger partial charge in [-0.15, -0.1) is 0 Å². The third-order valence-corrected chi connectivity index (χ3v) is 7.85. The molecule has 2 aliphatic carbocycles. The molecule has 1 heterocycles. The zero-order valence-corrected chi connectivity index (χ0v) is 17.4. The van der Waals surface area contributed by atoms with Gasteiger partial charge in [-0.3, -0.25) is 4.79 Å². The maximum atomic E-state index is 12.8. The molecule has 0 radical (unpaired) electrons. The summed E-state index contributed by atoms with van der Waals surface area (Å²) in [5.41, 5.74) is 3.20. The van der Waals surface area contributed by atoms with Gasteiger partial charge in [0.05, 0.1) is 4.90 Å². The Kier molecular flexibility index (Phi) is 5.61. The van der Waals surface area contributed by atoms with E-state index in [1.165, 1.54) is 18.4 Å². The highest BCUT2D eigenvalue weighted by atomic mass is 32.2. The number of carbonyl (C=O) groups excluding carboxylic acids is 1. The summed E-state index contributed by atoms with van der Waals surface area (Å²) in [6, 6.07) is 5.29. The summed E-state index contributed by atoms with van der Waals surface area (Å²) in [6.07, 6.45) is 11.5. The number of nitrogens with zero attached hydrogens (tertiary/aromatic N) is 1. The van der Waals surface area contributed by atoms with Gasteiger partial charge >= 0.3 is 0 Å². The van der Waals surface area contributed by atoms with E-state index < -0.39 is 10.0 Å². The van der Waals surface area contributed by atoms with Crippen molar-refractivity contribution in [2.45, 2.75) is 75.6 Å². The minimum absolute atomic E-state index is 0.0900. The van der Waals surface area contributed by atoms with Crippen LogP contribution < -0.4 is 9.62 Å². The van der Waals surface area contributed by atoms with Gasteiger partial charge in [0, 0.05) is 24.2 Å². The summed E-state index contributed by atoms with van der Waals surface area (Å²) in [4.78, 5) is 15.0. The van der Waals surface area contributed by atoms with E-state index in [9.17, 15) is 13.2 Å². The van der Waals surface area contributed by atoms with Crippen LogP contribution in [0.1, 0.15) is 63.9 Å². The summed E-state index contributed by atoms with van der Waals surface area (Å²) < 4.78 is 28.2. The fraction of sp³-hybridized carbons (Fsp3) is 0.591. The Bertz CT molecular complexity index is 887. The first-order chi connectivity index (χ1) is 13.5. The molecule has 3 aliphatic rings. The van der Waals surface area contributed by atoms with Crippen LogP contribution >= 0.6 is 0 Å². The van der Waals surface area contributed by atoms with Crippen molar-refractivity contribution in [3.63, 3.8) is 0 Å². The Morgan fingerprint density at radius 2 is 2.04 bits per heavy atom. The highest BCUT2D eigenvalue weighted by molar-refractivity contribution is 7.89. The van der Waals surface area contributed by atoms with Crippen molar-refractivity contribution in [3.05, 3.63) is 35.4 Å². The number of sulfonamides is 1. The number of benzene rings is 1. The lowest BCUT2D eigenvalue weighted by Gasteiger charge is -2.32. The van der Waals surface area contributed by atoms with Crippen LogP contribution in [0.25, 0.3) is 0 Å². The van der Waals surface area contributed by atoms with Crippen LogP contribution in [0.4, 0.5) is 5.69 Å². The molecule has 1 saturated carbocycles. The minimum Gasteiger partial charge on any atom is -0.309 e. The SMILES string of the molecule is C[C@H]1Cc2cc(S(=O)(=O)NCCC3=CCCCC3)ccc2N1C(=O)C1CCC1. The first kappa shape index (κ1) is 19.6. The third-order valence-electron chi connectivity index (χ3n) is 6.39. The lowest BCUT2D eigenvalue weighted by Crippen LogP contribution is -2.42. The maximum Gasteiger partial charge on any atom is 0.240 e. The van der Waals surface area contributed by atoms with E-state index in [0.717, 1.165) is 49.8 Å². The zero-order chi connectivity index (χ0) is 19.7. The van der Waals surface area contributed by atoms with Gasteiger partial charge < -0.3 is 4.90 Å². The summed E-state index contributed by atoms with van der Waals surface area (Å²) in [5, 5.41) is 0. The van der Waals surface area contributed by atoms with Gasteiger partial charge in [-0.05, 0) is 82.1 Å². The van der Waals surface area contributed by atoms with Crippen LogP contribution in [0.5, 0.6) is 0 Å². The Labute approximate surface area is 168 Å². The van der Waals surface area contributed by atoms with Crippen LogP contribution in [0.15, 0.2) is 34.7 Å². The van der Waals surface area contributed by atoms with E-state index in [0.29, 0.717) is 17.9 Å². The van der Waals surface area contributed by atoms with Gasteiger partial charge in [-0.25, -0.2) is 13.1 Å². The Balaban J connectivity index is 1.45. The molecule has 1 aliphatic heterocycles. The van der Waals surface area contributed by atoms with Crippen LogP contribution in [0.3, 0.4) is 0 Å². The molecule has 152 valence electrons. The van der Waals surface area contributed by atoms with Gasteiger partial charge in [-0.2, -0.15) is 0 Å². The summed E-state index contributed by atoms with van der Waals surface area (Å²) >= 11 is 0. The van der Waals surface area contributed by atoms with Gasteiger partial charge in [-0.1, -0.05) is 18.1 Å². The van der Waals surface area contributed by atoms with Crippen molar-refractivity contribution in [1.82, 2.24) is 4.72 Å². The molecule has 4 rings (SSSR count). The van der Waals surface area contributed by atoms with Crippen molar-refractivity contribution in [3.8, 4) is 0 Å². The third kappa shape index (κ3) is 3.90. The predicted octanol–water partition coefficient (Wildman–Crippen LogP) is 3.93. The molecule has 1 fully saturated rings. The quantitative estimate of drug-likeness (QED) is 0.733. The summed E-state index contributed by atoms with van der Waals surface area (Å²) in [5.74, 6) is 0.347. The topological polar surface area (TPSA) is 66.5 Å². The maximum absolute atomic E-state index is 12.8. The number of fused-ring (bicyclic) bond motifs is 1. The molecule has 0 spiro atoms. The molecule has 0 saturated heterocycles. The van der Waals surface area contributed by atoms with E-state index in [2.05, 4.69) is 10.8 Å². The van der Waals surface area contributed by atoms with Crippen molar-refractivity contribution in [2.24, 2.45) is 5.92 Å². The predicted molar refractivity (Wildman–Crippen MR) is 111 cm³/mol. The van der Waals surface area contributed by atoms with E-state index in [4.69, 9.17) is 0 Å². The first-order valence-corrected chi connectivity index (χ1v) is 12.1. The van der Waals surface area contributed by atoms with Crippen molar-refractivity contribution < 1.29 is 13.2 Å². The Hall–Kier alpha value is -1.66. The molecule has 6 heteroatoms. The monoisotopic (exact) mass is 402 g/mol. The van der Waals surface area contributed by atoms with Crippen molar-refractivity contribution in [2.75, 3.05) is 11.4 Å². The number of amides is 1. The molecule has 1 aromatic carbocycles. The minimum atomic E-state index is -3.53. The molecule has 0 aromatic heterocycles. The summed E-state index contributed by atoms with van der Waals surface area (Å²) in [7, 11) is -3.53. The van der Waals surface area contributed by atoms with Crippen molar-refractivity contribution >= 4 is 21.6 Å². The number of hydrogen-bond donors (Lipinski definition) is 1. The fourth-order valence-corrected chi connectivity index (χ4v) is 5.61. The molecule has 1 amide bonds. The lowest BCUT2D eigenvalue weighted by atomic mass is 9.84. The molecular formula is C22H30N2O3S. The van der Waals surface area contributed by atoms with Gasteiger partial charge in [0.25, 0.3) is 0 Å². The highest BCUT2D eigenvalue weighted by Crippen LogP contribution is 2.38. The van der Waals surface area contributed by atoms with E-state index >= 15 is 0 Å². The second-order valence-electron chi connectivity index (χ2n) is 8.44. The number of carbonyl (C=O) groups is 1. The molecule has 28 heavy (non-hydrogen) atoms. The van der Waals surface area contributed by atoms with Crippen LogP contribution in [-0.2, 0) is 21.2 Å². The van der Waals surface area contributed by atoms with Gasteiger partial charge in [0.2, 0.25) is 15.9 Å². The normalized spacial score (nSPS) is 22.5. The lowest BCUT2D eigenvalue weighted by molar-refractivity contribution is -0.125. The van der Waals surface area contributed by atoms with Crippen LogP contribution in [-0.4, -0.2) is 26.9 Å². The zero-order valence-electron chi connectivity index (χ0n) is 16.6.